The highest BCUT2D eigenvalue weighted by molar-refractivity contribution is 4.86. The molecule has 1 saturated heterocycles. The van der Waals surface area contributed by atoms with Crippen molar-refractivity contribution in [3.8, 4) is 0 Å². The number of hydrogen-bond donors (Lipinski definition) is 1. The number of hydrogen-bond acceptors (Lipinski definition) is 2. The Bertz CT molecular complexity index is 100.0. The molecule has 0 bridgehead atoms. The van der Waals surface area contributed by atoms with Gasteiger partial charge in [0.15, 0.2) is 0 Å². The van der Waals surface area contributed by atoms with Gasteiger partial charge < -0.3 is 9.84 Å². The van der Waals surface area contributed by atoms with Crippen LogP contribution in [0.25, 0.3) is 0 Å². The molecular formula is C7H14O2. The number of ether oxygens (including phenoxy) is 1. The fourth-order valence-corrected chi connectivity index (χ4v) is 0.796. The van der Waals surface area contributed by atoms with E-state index in [1.54, 1.807) is 0 Å². The second-order valence-electron chi connectivity index (χ2n) is 3.68. The number of aliphatic hydroxyl groups is 1. The summed E-state index contributed by atoms with van der Waals surface area (Å²) in [5.74, 6) is 0. The largest absolute Gasteiger partial charge is 0.390 e. The lowest BCUT2D eigenvalue weighted by Gasteiger charge is -2.23. The third-order valence-corrected chi connectivity index (χ3v) is 1.60. The number of rotatable bonds is 1. The average molecular weight is 130 g/mol. The predicted octanol–water partition coefficient (Wildman–Crippen LogP) is 0.792. The van der Waals surface area contributed by atoms with Gasteiger partial charge in [0.25, 0.3) is 0 Å². The Hall–Kier alpha value is -0.0800. The van der Waals surface area contributed by atoms with Crippen LogP contribution in [0.2, 0.25) is 0 Å². The first-order chi connectivity index (χ1) is 4.02. The zero-order valence-electron chi connectivity index (χ0n) is 6.22. The zero-order valence-corrected chi connectivity index (χ0v) is 6.22. The van der Waals surface area contributed by atoms with Crippen LogP contribution in [0.1, 0.15) is 20.8 Å². The summed E-state index contributed by atoms with van der Waals surface area (Å²) in [5.41, 5.74) is -0.0266. The lowest BCUT2D eigenvalue weighted by atomic mass is 9.87. The fraction of sp³-hybridized carbons (Fsp3) is 1.00. The van der Waals surface area contributed by atoms with Crippen LogP contribution in [-0.4, -0.2) is 23.9 Å². The number of epoxide rings is 1. The summed E-state index contributed by atoms with van der Waals surface area (Å²) in [6.07, 6.45) is -0.178. The van der Waals surface area contributed by atoms with E-state index >= 15 is 0 Å². The third kappa shape index (κ3) is 1.66. The van der Waals surface area contributed by atoms with E-state index in [4.69, 9.17) is 4.74 Å². The van der Waals surface area contributed by atoms with Crippen molar-refractivity contribution in [1.82, 2.24) is 0 Å². The van der Waals surface area contributed by atoms with Gasteiger partial charge in [0.2, 0.25) is 0 Å². The molecule has 1 aliphatic heterocycles. The van der Waals surface area contributed by atoms with E-state index in [1.165, 1.54) is 0 Å². The second kappa shape index (κ2) is 1.96. The summed E-state index contributed by atoms with van der Waals surface area (Å²) in [5, 5.41) is 9.40. The van der Waals surface area contributed by atoms with Crippen molar-refractivity contribution in [1.29, 1.82) is 0 Å². The Morgan fingerprint density at radius 1 is 1.56 bits per heavy atom. The van der Waals surface area contributed by atoms with Crippen molar-refractivity contribution in [3.05, 3.63) is 0 Å². The third-order valence-electron chi connectivity index (χ3n) is 1.60. The maximum atomic E-state index is 9.40. The Kier molecular flexibility index (Phi) is 1.53. The maximum absolute atomic E-state index is 9.40. The highest BCUT2D eigenvalue weighted by atomic mass is 16.6. The van der Waals surface area contributed by atoms with Crippen molar-refractivity contribution < 1.29 is 9.84 Å². The molecule has 1 N–H and O–H groups in total. The van der Waals surface area contributed by atoms with Gasteiger partial charge in [-0.25, -0.2) is 0 Å². The van der Waals surface area contributed by atoms with E-state index in [-0.39, 0.29) is 17.6 Å². The average Bonchev–Trinajstić information content (AvgIpc) is 2.40. The summed E-state index contributed by atoms with van der Waals surface area (Å²) in [7, 11) is 0. The molecule has 54 valence electrons. The molecule has 1 aliphatic rings. The normalized spacial score (nSPS) is 30.0. The topological polar surface area (TPSA) is 32.8 Å². The zero-order chi connectivity index (χ0) is 7.07. The van der Waals surface area contributed by atoms with Crippen LogP contribution < -0.4 is 0 Å². The molecule has 1 fully saturated rings. The van der Waals surface area contributed by atoms with E-state index in [1.807, 2.05) is 20.8 Å². The molecule has 9 heavy (non-hydrogen) atoms. The molecule has 0 aromatic carbocycles. The Labute approximate surface area is 55.8 Å². The van der Waals surface area contributed by atoms with E-state index < -0.39 is 0 Å². The summed E-state index contributed by atoms with van der Waals surface area (Å²) < 4.78 is 4.95. The quantitative estimate of drug-likeness (QED) is 0.532. The molecule has 0 amide bonds. The van der Waals surface area contributed by atoms with Crippen molar-refractivity contribution in [2.75, 3.05) is 6.61 Å². The van der Waals surface area contributed by atoms with Gasteiger partial charge >= 0.3 is 0 Å². The Balaban J connectivity index is 2.40. The van der Waals surface area contributed by atoms with Gasteiger partial charge in [0.05, 0.1) is 12.7 Å². The summed E-state index contributed by atoms with van der Waals surface area (Å²) >= 11 is 0. The van der Waals surface area contributed by atoms with Crippen LogP contribution >= 0.6 is 0 Å². The van der Waals surface area contributed by atoms with E-state index in [2.05, 4.69) is 0 Å². The molecule has 2 nitrogen and oxygen atoms in total. The molecule has 2 heteroatoms. The molecule has 0 saturated carbocycles. The SMILES string of the molecule is CC(C)(C)C(O)C1CO1. The van der Waals surface area contributed by atoms with Crippen molar-refractivity contribution in [2.45, 2.75) is 33.0 Å². The van der Waals surface area contributed by atoms with Crippen LogP contribution in [0, 0.1) is 5.41 Å². The summed E-state index contributed by atoms with van der Waals surface area (Å²) in [4.78, 5) is 0. The maximum Gasteiger partial charge on any atom is 0.107 e. The van der Waals surface area contributed by atoms with Gasteiger partial charge in [-0.15, -0.1) is 0 Å². The van der Waals surface area contributed by atoms with Gasteiger partial charge in [-0.2, -0.15) is 0 Å². The van der Waals surface area contributed by atoms with Crippen molar-refractivity contribution in [2.24, 2.45) is 5.41 Å². The molecule has 2 atom stereocenters. The highest BCUT2D eigenvalue weighted by Gasteiger charge is 2.38. The van der Waals surface area contributed by atoms with Gasteiger partial charge in [0.1, 0.15) is 6.10 Å². The smallest absolute Gasteiger partial charge is 0.107 e. The highest BCUT2D eigenvalue weighted by Crippen LogP contribution is 2.28. The molecule has 2 unspecified atom stereocenters. The molecule has 0 aromatic heterocycles. The molecular weight excluding hydrogens is 116 g/mol. The number of aliphatic hydroxyl groups excluding tert-OH is 1. The van der Waals surface area contributed by atoms with E-state index in [0.717, 1.165) is 6.61 Å². The molecule has 1 heterocycles. The van der Waals surface area contributed by atoms with Crippen LogP contribution in [0.5, 0.6) is 0 Å². The van der Waals surface area contributed by atoms with Gasteiger partial charge in [-0.1, -0.05) is 20.8 Å². The van der Waals surface area contributed by atoms with Gasteiger partial charge in [0, 0.05) is 0 Å². The first-order valence-corrected chi connectivity index (χ1v) is 3.31. The Morgan fingerprint density at radius 3 is 2.11 bits per heavy atom. The minimum atomic E-state index is -0.294. The standard InChI is InChI=1S/C7H14O2/c1-7(2,3)6(8)5-4-9-5/h5-6,8H,4H2,1-3H3. The van der Waals surface area contributed by atoms with Crippen molar-refractivity contribution >= 4 is 0 Å². The van der Waals surface area contributed by atoms with Crippen LogP contribution in [-0.2, 0) is 4.74 Å². The van der Waals surface area contributed by atoms with Crippen molar-refractivity contribution in [3.63, 3.8) is 0 Å². The van der Waals surface area contributed by atoms with E-state index in [0.29, 0.717) is 0 Å². The molecule has 0 radical (unpaired) electrons. The summed E-state index contributed by atoms with van der Waals surface area (Å²) in [6.45, 7) is 6.77. The first kappa shape index (κ1) is 7.03. The Morgan fingerprint density at radius 2 is 2.00 bits per heavy atom. The van der Waals surface area contributed by atoms with E-state index in [9.17, 15) is 5.11 Å². The first-order valence-electron chi connectivity index (χ1n) is 3.31. The minimum absolute atomic E-state index is 0.0266. The lowest BCUT2D eigenvalue weighted by Crippen LogP contribution is -2.30. The molecule has 0 spiro atoms. The predicted molar refractivity (Wildman–Crippen MR) is 35.2 cm³/mol. The molecule has 0 aliphatic carbocycles. The summed E-state index contributed by atoms with van der Waals surface area (Å²) in [6, 6.07) is 0. The van der Waals surface area contributed by atoms with Crippen LogP contribution in [0.15, 0.2) is 0 Å². The van der Waals surface area contributed by atoms with Gasteiger partial charge in [-0.05, 0) is 5.41 Å². The lowest BCUT2D eigenvalue weighted by molar-refractivity contribution is 0.0378. The van der Waals surface area contributed by atoms with Crippen LogP contribution in [0.3, 0.4) is 0 Å². The minimum Gasteiger partial charge on any atom is -0.390 e. The fourth-order valence-electron chi connectivity index (χ4n) is 0.796. The molecule has 1 rings (SSSR count). The second-order valence-corrected chi connectivity index (χ2v) is 3.68. The molecule has 0 aromatic rings. The monoisotopic (exact) mass is 130 g/mol. The van der Waals surface area contributed by atoms with Crippen LogP contribution in [0.4, 0.5) is 0 Å². The van der Waals surface area contributed by atoms with Gasteiger partial charge in [-0.3, -0.25) is 0 Å².